The summed E-state index contributed by atoms with van der Waals surface area (Å²) in [6.07, 6.45) is 0. The van der Waals surface area contributed by atoms with Gasteiger partial charge in [0.15, 0.2) is 24.1 Å². The largest absolute Gasteiger partial charge is 0.493 e. The number of nitrogens with one attached hydrogen (secondary N) is 3. The van der Waals surface area contributed by atoms with Crippen molar-refractivity contribution in [1.82, 2.24) is 16.0 Å². The molecule has 9 heteroatoms. The number of rotatable bonds is 9. The predicted molar refractivity (Wildman–Crippen MR) is 126 cm³/mol. The Labute approximate surface area is 193 Å². The van der Waals surface area contributed by atoms with Crippen molar-refractivity contribution < 1.29 is 18.7 Å². The Morgan fingerprint density at radius 1 is 1.00 bits per heavy atom. The summed E-state index contributed by atoms with van der Waals surface area (Å²) in [4.78, 5) is 15.7. The van der Waals surface area contributed by atoms with Gasteiger partial charge in [-0.2, -0.15) is 0 Å². The second-order valence-corrected chi connectivity index (χ2v) is 6.13. The van der Waals surface area contributed by atoms with Crippen LogP contribution in [-0.4, -0.2) is 39.2 Å². The Hall–Kier alpha value is -2.56. The molecule has 2 aromatic rings. The van der Waals surface area contributed by atoms with Crippen molar-refractivity contribution in [2.45, 2.75) is 20.0 Å². The third kappa shape index (κ3) is 8.44. The van der Waals surface area contributed by atoms with E-state index in [2.05, 4.69) is 20.9 Å². The number of nitrogens with zero attached hydrogens (tertiary/aromatic N) is 1. The van der Waals surface area contributed by atoms with Gasteiger partial charge in [0.2, 0.25) is 0 Å². The van der Waals surface area contributed by atoms with Crippen molar-refractivity contribution in [2.75, 3.05) is 27.3 Å². The summed E-state index contributed by atoms with van der Waals surface area (Å²) < 4.78 is 23.9. The fourth-order valence-electron chi connectivity index (χ4n) is 2.53. The van der Waals surface area contributed by atoms with Crippen LogP contribution < -0.4 is 25.4 Å². The highest BCUT2D eigenvalue weighted by molar-refractivity contribution is 14.0. The second-order valence-electron chi connectivity index (χ2n) is 6.13. The normalized spacial score (nSPS) is 10.6. The molecule has 0 aliphatic rings. The van der Waals surface area contributed by atoms with Gasteiger partial charge in [-0.3, -0.25) is 9.79 Å². The fraction of sp³-hybridized carbons (Fsp3) is 0.333. The Morgan fingerprint density at radius 3 is 2.23 bits per heavy atom. The van der Waals surface area contributed by atoms with Crippen LogP contribution in [0.2, 0.25) is 0 Å². The molecule has 0 bridgehead atoms. The standard InChI is InChI=1S/C21H27FN4O3.HI/c1-4-24-20(27)14-29-18-10-7-16(11-19(18)28-3)13-26-21(23-2)25-12-15-5-8-17(22)9-6-15;/h5-11H,4,12-14H2,1-3H3,(H,24,27)(H2,23,25,26);1H. The van der Waals surface area contributed by atoms with E-state index in [0.717, 1.165) is 11.1 Å². The van der Waals surface area contributed by atoms with Crippen molar-refractivity contribution in [1.29, 1.82) is 0 Å². The summed E-state index contributed by atoms with van der Waals surface area (Å²) in [6.45, 7) is 3.37. The van der Waals surface area contributed by atoms with Crippen molar-refractivity contribution in [3.63, 3.8) is 0 Å². The number of likely N-dealkylation sites (N-methyl/N-ethyl adjacent to an activating group) is 1. The number of ether oxygens (including phenoxy) is 2. The van der Waals surface area contributed by atoms with Crippen LogP contribution in [0.4, 0.5) is 4.39 Å². The van der Waals surface area contributed by atoms with Crippen LogP contribution in [0.5, 0.6) is 11.5 Å². The van der Waals surface area contributed by atoms with E-state index in [0.29, 0.717) is 37.1 Å². The molecule has 7 nitrogen and oxygen atoms in total. The lowest BCUT2D eigenvalue weighted by atomic mass is 10.2. The number of amides is 1. The van der Waals surface area contributed by atoms with Crippen molar-refractivity contribution in [2.24, 2.45) is 4.99 Å². The molecular formula is C21H28FIN4O3. The summed E-state index contributed by atoms with van der Waals surface area (Å²) in [5.41, 5.74) is 1.90. The highest BCUT2D eigenvalue weighted by Crippen LogP contribution is 2.28. The summed E-state index contributed by atoms with van der Waals surface area (Å²) in [5, 5.41) is 9.06. The van der Waals surface area contributed by atoms with E-state index in [1.165, 1.54) is 12.1 Å². The number of carbonyl (C=O) groups is 1. The molecule has 0 aliphatic heterocycles. The van der Waals surface area contributed by atoms with Crippen LogP contribution in [-0.2, 0) is 17.9 Å². The lowest BCUT2D eigenvalue weighted by Crippen LogP contribution is -2.36. The number of hydrogen-bond acceptors (Lipinski definition) is 4. The molecule has 0 aliphatic carbocycles. The minimum Gasteiger partial charge on any atom is -0.493 e. The summed E-state index contributed by atoms with van der Waals surface area (Å²) in [7, 11) is 3.23. The number of carbonyl (C=O) groups excluding carboxylic acids is 1. The van der Waals surface area contributed by atoms with Crippen LogP contribution in [0.25, 0.3) is 0 Å². The van der Waals surface area contributed by atoms with Crippen molar-refractivity contribution >= 4 is 35.8 Å². The van der Waals surface area contributed by atoms with Gasteiger partial charge in [0, 0.05) is 26.7 Å². The van der Waals surface area contributed by atoms with E-state index < -0.39 is 0 Å². The van der Waals surface area contributed by atoms with E-state index in [4.69, 9.17) is 9.47 Å². The molecule has 0 aromatic heterocycles. The Balaban J connectivity index is 0.00000450. The number of hydrogen-bond donors (Lipinski definition) is 3. The van der Waals surface area contributed by atoms with Crippen LogP contribution in [0.1, 0.15) is 18.1 Å². The summed E-state index contributed by atoms with van der Waals surface area (Å²) in [6, 6.07) is 11.8. The lowest BCUT2D eigenvalue weighted by molar-refractivity contribution is -0.123. The Morgan fingerprint density at radius 2 is 1.63 bits per heavy atom. The minimum absolute atomic E-state index is 0. The van der Waals surface area contributed by atoms with Crippen molar-refractivity contribution in [3.8, 4) is 11.5 Å². The highest BCUT2D eigenvalue weighted by atomic mass is 127. The van der Waals surface area contributed by atoms with E-state index in [9.17, 15) is 9.18 Å². The van der Waals surface area contributed by atoms with E-state index in [1.807, 2.05) is 19.1 Å². The van der Waals surface area contributed by atoms with Gasteiger partial charge in [-0.05, 0) is 42.3 Å². The predicted octanol–water partition coefficient (Wildman–Crippen LogP) is 2.83. The zero-order valence-electron chi connectivity index (χ0n) is 17.3. The third-order valence-electron chi connectivity index (χ3n) is 4.02. The molecule has 0 radical (unpaired) electrons. The van der Waals surface area contributed by atoms with E-state index in [1.54, 1.807) is 32.4 Å². The number of halogens is 2. The molecule has 2 aromatic carbocycles. The van der Waals surface area contributed by atoms with Gasteiger partial charge in [0.25, 0.3) is 5.91 Å². The van der Waals surface area contributed by atoms with Crippen molar-refractivity contribution in [3.05, 3.63) is 59.4 Å². The summed E-state index contributed by atoms with van der Waals surface area (Å²) >= 11 is 0. The van der Waals surface area contributed by atoms with Gasteiger partial charge in [0.1, 0.15) is 5.82 Å². The molecule has 30 heavy (non-hydrogen) atoms. The summed E-state index contributed by atoms with van der Waals surface area (Å²) in [5.74, 6) is 1.22. The third-order valence-corrected chi connectivity index (χ3v) is 4.02. The van der Waals surface area contributed by atoms with Crippen LogP contribution in [0.3, 0.4) is 0 Å². The van der Waals surface area contributed by atoms with Crippen LogP contribution in [0, 0.1) is 5.82 Å². The van der Waals surface area contributed by atoms with Gasteiger partial charge >= 0.3 is 0 Å². The number of benzene rings is 2. The van der Waals surface area contributed by atoms with Gasteiger partial charge in [0.05, 0.1) is 7.11 Å². The topological polar surface area (TPSA) is 84.0 Å². The first-order chi connectivity index (χ1) is 14.0. The number of guanidine groups is 1. The SMILES string of the molecule is CCNC(=O)COc1ccc(CNC(=NC)NCc2ccc(F)cc2)cc1OC.I. The number of methoxy groups -OCH3 is 1. The molecule has 0 saturated heterocycles. The van der Waals surface area contributed by atoms with E-state index in [-0.39, 0.29) is 42.3 Å². The average molecular weight is 530 g/mol. The molecule has 0 heterocycles. The van der Waals surface area contributed by atoms with Gasteiger partial charge in [-0.1, -0.05) is 18.2 Å². The second kappa shape index (κ2) is 13.6. The maximum Gasteiger partial charge on any atom is 0.257 e. The molecule has 1 amide bonds. The smallest absolute Gasteiger partial charge is 0.257 e. The zero-order chi connectivity index (χ0) is 21.1. The fourth-order valence-corrected chi connectivity index (χ4v) is 2.53. The number of aliphatic imine (C=N–C) groups is 1. The molecule has 3 N–H and O–H groups in total. The minimum atomic E-state index is -0.261. The van der Waals surface area contributed by atoms with E-state index >= 15 is 0 Å². The van der Waals surface area contributed by atoms with Crippen LogP contribution >= 0.6 is 24.0 Å². The molecule has 0 unspecified atom stereocenters. The van der Waals surface area contributed by atoms with Gasteiger partial charge < -0.3 is 25.4 Å². The van der Waals surface area contributed by atoms with Crippen LogP contribution in [0.15, 0.2) is 47.5 Å². The molecule has 0 fully saturated rings. The Bertz CT molecular complexity index is 832. The molecule has 0 spiro atoms. The maximum atomic E-state index is 13.0. The average Bonchev–Trinajstić information content (AvgIpc) is 2.74. The highest BCUT2D eigenvalue weighted by Gasteiger charge is 2.09. The monoisotopic (exact) mass is 530 g/mol. The first-order valence-corrected chi connectivity index (χ1v) is 9.31. The lowest BCUT2D eigenvalue weighted by Gasteiger charge is -2.14. The first kappa shape index (κ1) is 25.5. The Kier molecular flexibility index (Phi) is 11.6. The van der Waals surface area contributed by atoms with Gasteiger partial charge in [-0.25, -0.2) is 4.39 Å². The quantitative estimate of drug-likeness (QED) is 0.264. The maximum absolute atomic E-state index is 13.0. The van der Waals surface area contributed by atoms with Gasteiger partial charge in [-0.15, -0.1) is 24.0 Å². The molecule has 2 rings (SSSR count). The first-order valence-electron chi connectivity index (χ1n) is 9.31. The molecule has 164 valence electrons. The molecule has 0 saturated carbocycles. The zero-order valence-corrected chi connectivity index (χ0v) is 19.7. The molecule has 0 atom stereocenters. The molecular weight excluding hydrogens is 502 g/mol.